The molecule has 37 heavy (non-hydrogen) atoms. The lowest BCUT2D eigenvalue weighted by atomic mass is 10.0. The van der Waals surface area contributed by atoms with Gasteiger partial charge in [0.2, 0.25) is 0 Å². The Kier molecular flexibility index (Phi) is 7.93. The fourth-order valence-electron chi connectivity index (χ4n) is 5.41. The largest absolute Gasteiger partial charge is 0.336 e. The summed E-state index contributed by atoms with van der Waals surface area (Å²) in [4.78, 5) is 23.3. The normalized spacial score (nSPS) is 17.9. The van der Waals surface area contributed by atoms with Crippen LogP contribution in [0.5, 0.6) is 0 Å². The number of rotatable bonds is 5. The van der Waals surface area contributed by atoms with E-state index in [-0.39, 0.29) is 5.91 Å². The highest BCUT2D eigenvalue weighted by Gasteiger charge is 2.32. The minimum Gasteiger partial charge on any atom is -0.336 e. The molecule has 3 aromatic rings. The predicted molar refractivity (Wildman–Crippen MR) is 152 cm³/mol. The second kappa shape index (κ2) is 11.2. The fraction of sp³-hybridized carbons (Fsp3) is 0.414. The Morgan fingerprint density at radius 1 is 0.757 bits per heavy atom. The standard InChI is InChI=1S/C29H35Cl2N5O/c1-21-27(29(37)35-18-14-33(3)15-19-35)26(20-34-16-12-32(2)13-17-34)28(22-4-6-23(30)7-5-22)36(21)25-10-8-24(31)9-11-25/h4-11H,12-20H2,1-3H3. The molecule has 8 heteroatoms. The molecule has 0 unspecified atom stereocenters. The van der Waals surface area contributed by atoms with Gasteiger partial charge in [-0.05, 0) is 63.0 Å². The number of aromatic nitrogens is 1. The van der Waals surface area contributed by atoms with Crippen LogP contribution in [0.3, 0.4) is 0 Å². The molecular weight excluding hydrogens is 505 g/mol. The average Bonchev–Trinajstić information content (AvgIpc) is 3.17. The Morgan fingerprint density at radius 2 is 1.27 bits per heavy atom. The van der Waals surface area contributed by atoms with E-state index in [0.29, 0.717) is 10.0 Å². The molecule has 2 fully saturated rings. The summed E-state index contributed by atoms with van der Waals surface area (Å²) < 4.78 is 2.23. The van der Waals surface area contributed by atoms with Gasteiger partial charge in [-0.25, -0.2) is 0 Å². The highest BCUT2D eigenvalue weighted by atomic mass is 35.5. The lowest BCUT2D eigenvalue weighted by Crippen LogP contribution is -2.47. The van der Waals surface area contributed by atoms with Crippen LogP contribution in [0.15, 0.2) is 48.5 Å². The smallest absolute Gasteiger partial charge is 0.256 e. The molecule has 0 atom stereocenters. The Labute approximate surface area is 230 Å². The van der Waals surface area contributed by atoms with Gasteiger partial charge in [-0.15, -0.1) is 0 Å². The summed E-state index contributed by atoms with van der Waals surface area (Å²) in [6.45, 7) is 10.1. The molecule has 2 aromatic carbocycles. The average molecular weight is 541 g/mol. The van der Waals surface area contributed by atoms with Crippen LogP contribution < -0.4 is 0 Å². The SMILES string of the molecule is Cc1c(C(=O)N2CCN(C)CC2)c(CN2CCN(C)CC2)c(-c2ccc(Cl)cc2)n1-c1ccc(Cl)cc1. The lowest BCUT2D eigenvalue weighted by molar-refractivity contribution is 0.0660. The first-order valence-corrected chi connectivity index (χ1v) is 13.7. The van der Waals surface area contributed by atoms with E-state index in [1.54, 1.807) is 0 Å². The van der Waals surface area contributed by atoms with E-state index >= 15 is 0 Å². The molecule has 6 nitrogen and oxygen atoms in total. The second-order valence-electron chi connectivity index (χ2n) is 10.3. The Hall–Kier alpha value is -2.35. The van der Waals surface area contributed by atoms with Crippen LogP contribution in [-0.4, -0.2) is 96.5 Å². The Morgan fingerprint density at radius 3 is 1.84 bits per heavy atom. The summed E-state index contributed by atoms with van der Waals surface area (Å²) in [5, 5.41) is 1.38. The molecule has 196 valence electrons. The van der Waals surface area contributed by atoms with E-state index in [0.717, 1.165) is 92.7 Å². The zero-order chi connectivity index (χ0) is 26.1. The molecular formula is C29H35Cl2N5O. The van der Waals surface area contributed by atoms with E-state index in [1.165, 1.54) is 0 Å². The molecule has 3 heterocycles. The van der Waals surface area contributed by atoms with Crippen molar-refractivity contribution in [3.63, 3.8) is 0 Å². The molecule has 5 rings (SSSR count). The summed E-state index contributed by atoms with van der Waals surface area (Å²) in [7, 11) is 4.28. The molecule has 2 saturated heterocycles. The number of carbonyl (C=O) groups excluding carboxylic acids is 1. The number of benzene rings is 2. The van der Waals surface area contributed by atoms with E-state index in [9.17, 15) is 4.79 Å². The van der Waals surface area contributed by atoms with Gasteiger partial charge in [-0.2, -0.15) is 0 Å². The summed E-state index contributed by atoms with van der Waals surface area (Å²) in [5.74, 6) is 0.123. The van der Waals surface area contributed by atoms with Gasteiger partial charge in [0.05, 0.1) is 11.3 Å². The number of nitrogens with zero attached hydrogens (tertiary/aromatic N) is 5. The van der Waals surface area contributed by atoms with Crippen LogP contribution in [-0.2, 0) is 6.54 Å². The van der Waals surface area contributed by atoms with Crippen LogP contribution in [0, 0.1) is 6.92 Å². The number of hydrogen-bond donors (Lipinski definition) is 0. The van der Waals surface area contributed by atoms with Crippen molar-refractivity contribution in [2.45, 2.75) is 13.5 Å². The zero-order valence-corrected chi connectivity index (χ0v) is 23.4. The second-order valence-corrected chi connectivity index (χ2v) is 11.2. The van der Waals surface area contributed by atoms with E-state index < -0.39 is 0 Å². The maximum Gasteiger partial charge on any atom is 0.256 e. The van der Waals surface area contributed by atoms with Gasteiger partial charge >= 0.3 is 0 Å². The molecule has 0 aliphatic carbocycles. The van der Waals surface area contributed by atoms with Crippen molar-refractivity contribution >= 4 is 29.1 Å². The van der Waals surface area contributed by atoms with Crippen molar-refractivity contribution in [3.8, 4) is 16.9 Å². The summed E-state index contributed by atoms with van der Waals surface area (Å²) in [5.41, 5.74) is 5.95. The van der Waals surface area contributed by atoms with Crippen molar-refractivity contribution in [2.24, 2.45) is 0 Å². The minimum absolute atomic E-state index is 0.123. The van der Waals surface area contributed by atoms with Crippen molar-refractivity contribution < 1.29 is 4.79 Å². The fourth-order valence-corrected chi connectivity index (χ4v) is 5.66. The number of amides is 1. The third-order valence-corrected chi connectivity index (χ3v) is 8.20. The quantitative estimate of drug-likeness (QED) is 0.462. The minimum atomic E-state index is 0.123. The molecule has 1 amide bonds. The van der Waals surface area contributed by atoms with Crippen LogP contribution in [0.1, 0.15) is 21.6 Å². The predicted octanol–water partition coefficient (Wildman–Crippen LogP) is 4.89. The summed E-state index contributed by atoms with van der Waals surface area (Å²) >= 11 is 12.5. The van der Waals surface area contributed by atoms with Gasteiger partial charge in [0.25, 0.3) is 5.91 Å². The first-order valence-electron chi connectivity index (χ1n) is 13.0. The number of piperazine rings is 2. The Bertz CT molecular complexity index is 1240. The number of likely N-dealkylation sites (N-methyl/N-ethyl adjacent to an activating group) is 2. The topological polar surface area (TPSA) is 35.0 Å². The van der Waals surface area contributed by atoms with Crippen LogP contribution in [0.4, 0.5) is 0 Å². The molecule has 0 N–H and O–H groups in total. The first kappa shape index (κ1) is 26.3. The molecule has 0 spiro atoms. The summed E-state index contributed by atoms with van der Waals surface area (Å²) in [6, 6.07) is 15.8. The first-order chi connectivity index (χ1) is 17.8. The van der Waals surface area contributed by atoms with Crippen LogP contribution in [0.25, 0.3) is 16.9 Å². The van der Waals surface area contributed by atoms with Gasteiger partial charge in [-0.1, -0.05) is 35.3 Å². The van der Waals surface area contributed by atoms with Crippen molar-refractivity contribution in [1.82, 2.24) is 24.2 Å². The van der Waals surface area contributed by atoms with E-state index in [2.05, 4.69) is 52.4 Å². The molecule has 2 aliphatic rings. The van der Waals surface area contributed by atoms with E-state index in [1.807, 2.05) is 41.3 Å². The van der Waals surface area contributed by atoms with Gasteiger partial charge in [-0.3, -0.25) is 9.69 Å². The molecule has 0 radical (unpaired) electrons. The van der Waals surface area contributed by atoms with Gasteiger partial charge in [0, 0.05) is 85.9 Å². The molecule has 1 aromatic heterocycles. The monoisotopic (exact) mass is 539 g/mol. The van der Waals surface area contributed by atoms with Crippen molar-refractivity contribution in [3.05, 3.63) is 75.4 Å². The molecule has 0 bridgehead atoms. The maximum absolute atomic E-state index is 14.2. The zero-order valence-electron chi connectivity index (χ0n) is 21.9. The lowest BCUT2D eigenvalue weighted by Gasteiger charge is -2.34. The van der Waals surface area contributed by atoms with Gasteiger partial charge in [0.15, 0.2) is 0 Å². The number of carbonyl (C=O) groups is 1. The van der Waals surface area contributed by atoms with Gasteiger partial charge < -0.3 is 19.3 Å². The Balaban J connectivity index is 1.69. The molecule has 0 saturated carbocycles. The van der Waals surface area contributed by atoms with Gasteiger partial charge in [0.1, 0.15) is 0 Å². The third-order valence-electron chi connectivity index (χ3n) is 7.69. The van der Waals surface area contributed by atoms with Crippen molar-refractivity contribution in [1.29, 1.82) is 0 Å². The highest BCUT2D eigenvalue weighted by Crippen LogP contribution is 2.37. The van der Waals surface area contributed by atoms with Crippen LogP contribution in [0.2, 0.25) is 10.0 Å². The number of hydrogen-bond acceptors (Lipinski definition) is 4. The maximum atomic E-state index is 14.2. The van der Waals surface area contributed by atoms with E-state index in [4.69, 9.17) is 23.2 Å². The number of halogens is 2. The van der Waals surface area contributed by atoms with Crippen LogP contribution >= 0.6 is 23.2 Å². The summed E-state index contributed by atoms with van der Waals surface area (Å²) in [6.07, 6.45) is 0. The molecule has 2 aliphatic heterocycles. The third kappa shape index (κ3) is 5.59. The van der Waals surface area contributed by atoms with Crippen molar-refractivity contribution in [2.75, 3.05) is 66.5 Å². The highest BCUT2D eigenvalue weighted by molar-refractivity contribution is 6.30.